The summed E-state index contributed by atoms with van der Waals surface area (Å²) in [4.78, 5) is 7.90. The molecule has 0 amide bonds. The summed E-state index contributed by atoms with van der Waals surface area (Å²) in [6.45, 7) is 2.67. The van der Waals surface area contributed by atoms with E-state index in [2.05, 4.69) is 31.8 Å². The Kier molecular flexibility index (Phi) is 5.55. The Morgan fingerprint density at radius 3 is 2.59 bits per heavy atom. The van der Waals surface area contributed by atoms with Gasteiger partial charge in [0, 0.05) is 16.1 Å². The molecule has 2 aromatic carbocycles. The van der Waals surface area contributed by atoms with Gasteiger partial charge in [-0.15, -0.1) is 11.3 Å². The summed E-state index contributed by atoms with van der Waals surface area (Å²) in [6, 6.07) is 20.0. The van der Waals surface area contributed by atoms with Crippen molar-refractivity contribution in [3.8, 4) is 11.4 Å². The molecule has 0 radical (unpaired) electrons. The summed E-state index contributed by atoms with van der Waals surface area (Å²) in [5, 5.41) is 10.3. The topological polar surface area (TPSA) is 54.2 Å². The SMILES string of the molecule is CC1=C(c2nc(-c3ccc(F)cc3)no2)C(c2ccccc2)NC(=S)N1Cc1cccs1. The Hall–Kier alpha value is -3.36. The standard InChI is InChI=1S/C24H19FN4OS2/c1-15-20(23-27-22(28-30-23)17-9-11-18(25)12-10-17)21(16-6-3-2-4-7-16)26-24(31)29(15)14-19-8-5-13-32-19/h2-13,21H,14H2,1H3,(H,26,31). The Labute approximate surface area is 194 Å². The lowest BCUT2D eigenvalue weighted by Crippen LogP contribution is -2.45. The average Bonchev–Trinajstić information content (AvgIpc) is 3.50. The largest absolute Gasteiger partial charge is 0.351 e. The maximum atomic E-state index is 13.3. The number of rotatable bonds is 5. The van der Waals surface area contributed by atoms with Crippen LogP contribution in [0.5, 0.6) is 0 Å². The van der Waals surface area contributed by atoms with Gasteiger partial charge in [-0.05, 0) is 60.4 Å². The second kappa shape index (κ2) is 8.64. The van der Waals surface area contributed by atoms with Gasteiger partial charge in [0.05, 0.1) is 18.2 Å². The number of aromatic nitrogens is 2. The van der Waals surface area contributed by atoms with E-state index in [0.29, 0.717) is 28.9 Å². The van der Waals surface area contributed by atoms with Crippen molar-refractivity contribution < 1.29 is 8.91 Å². The normalized spacial score (nSPS) is 16.4. The second-order valence-corrected chi connectivity index (χ2v) is 8.81. The molecule has 1 aliphatic rings. The smallest absolute Gasteiger partial charge is 0.258 e. The van der Waals surface area contributed by atoms with Gasteiger partial charge in [-0.1, -0.05) is 41.6 Å². The van der Waals surface area contributed by atoms with Crippen molar-refractivity contribution >= 4 is 34.2 Å². The fraction of sp³-hybridized carbons (Fsp3) is 0.125. The van der Waals surface area contributed by atoms with E-state index in [9.17, 15) is 4.39 Å². The molecule has 0 fully saturated rings. The van der Waals surface area contributed by atoms with Gasteiger partial charge in [-0.2, -0.15) is 4.98 Å². The molecular weight excluding hydrogens is 443 g/mol. The zero-order chi connectivity index (χ0) is 22.1. The van der Waals surface area contributed by atoms with Crippen molar-refractivity contribution in [3.63, 3.8) is 0 Å². The van der Waals surface area contributed by atoms with Crippen LogP contribution in [0.1, 0.15) is 29.3 Å². The molecule has 0 spiro atoms. The Morgan fingerprint density at radius 1 is 1.09 bits per heavy atom. The van der Waals surface area contributed by atoms with Crippen LogP contribution >= 0.6 is 23.6 Å². The van der Waals surface area contributed by atoms with E-state index in [4.69, 9.17) is 16.7 Å². The van der Waals surface area contributed by atoms with E-state index in [0.717, 1.165) is 16.8 Å². The van der Waals surface area contributed by atoms with Crippen molar-refractivity contribution in [2.24, 2.45) is 0 Å². The first-order valence-corrected chi connectivity index (χ1v) is 11.3. The monoisotopic (exact) mass is 462 g/mol. The Morgan fingerprint density at radius 2 is 1.88 bits per heavy atom. The third-order valence-corrected chi connectivity index (χ3v) is 6.58. The first-order valence-electron chi connectivity index (χ1n) is 10.1. The molecule has 4 aromatic rings. The minimum absolute atomic E-state index is 0.232. The molecule has 32 heavy (non-hydrogen) atoms. The van der Waals surface area contributed by atoms with E-state index in [1.54, 1.807) is 23.5 Å². The third-order valence-electron chi connectivity index (χ3n) is 5.38. The van der Waals surface area contributed by atoms with E-state index in [1.807, 2.05) is 43.3 Å². The molecule has 0 saturated heterocycles. The number of hydrogen-bond donors (Lipinski definition) is 1. The quantitative estimate of drug-likeness (QED) is 0.378. The second-order valence-electron chi connectivity index (χ2n) is 7.39. The summed E-state index contributed by atoms with van der Waals surface area (Å²) in [5.41, 5.74) is 3.54. The van der Waals surface area contributed by atoms with Crippen LogP contribution in [0.15, 0.2) is 82.3 Å². The minimum Gasteiger partial charge on any atom is -0.351 e. The third kappa shape index (κ3) is 3.94. The minimum atomic E-state index is -0.311. The molecule has 3 heterocycles. The van der Waals surface area contributed by atoms with Gasteiger partial charge in [0.1, 0.15) is 5.82 Å². The highest BCUT2D eigenvalue weighted by molar-refractivity contribution is 7.80. The number of thiocarbonyl (C=S) groups is 1. The maximum absolute atomic E-state index is 13.3. The zero-order valence-electron chi connectivity index (χ0n) is 17.2. The van der Waals surface area contributed by atoms with Crippen LogP contribution in [-0.2, 0) is 6.54 Å². The lowest BCUT2D eigenvalue weighted by molar-refractivity contribution is 0.396. The fourth-order valence-electron chi connectivity index (χ4n) is 3.75. The molecular formula is C24H19FN4OS2. The van der Waals surface area contributed by atoms with E-state index in [-0.39, 0.29) is 11.9 Å². The summed E-state index contributed by atoms with van der Waals surface area (Å²) >= 11 is 7.42. The molecule has 1 aliphatic heterocycles. The van der Waals surface area contributed by atoms with Crippen LogP contribution in [-0.4, -0.2) is 20.2 Å². The van der Waals surface area contributed by atoms with Crippen molar-refractivity contribution in [1.29, 1.82) is 0 Å². The van der Waals surface area contributed by atoms with Crippen LogP contribution < -0.4 is 5.32 Å². The molecule has 1 N–H and O–H groups in total. The lowest BCUT2D eigenvalue weighted by Gasteiger charge is -2.37. The van der Waals surface area contributed by atoms with Crippen molar-refractivity contribution in [1.82, 2.24) is 20.4 Å². The van der Waals surface area contributed by atoms with Gasteiger partial charge in [-0.25, -0.2) is 4.39 Å². The highest BCUT2D eigenvalue weighted by Crippen LogP contribution is 2.38. The average molecular weight is 463 g/mol. The predicted octanol–water partition coefficient (Wildman–Crippen LogP) is 5.80. The van der Waals surface area contributed by atoms with E-state index < -0.39 is 0 Å². The van der Waals surface area contributed by atoms with Crippen LogP contribution in [0.3, 0.4) is 0 Å². The first-order chi connectivity index (χ1) is 15.6. The summed E-state index contributed by atoms with van der Waals surface area (Å²) in [5.74, 6) is 0.501. The molecule has 0 bridgehead atoms. The van der Waals surface area contributed by atoms with Crippen LogP contribution in [0.25, 0.3) is 17.0 Å². The highest BCUT2D eigenvalue weighted by atomic mass is 32.1. The maximum Gasteiger partial charge on any atom is 0.258 e. The van der Waals surface area contributed by atoms with Crippen LogP contribution in [0, 0.1) is 5.82 Å². The molecule has 0 aliphatic carbocycles. The Bertz CT molecular complexity index is 1270. The van der Waals surface area contributed by atoms with Crippen molar-refractivity contribution in [3.05, 3.63) is 100.0 Å². The molecule has 2 aromatic heterocycles. The first kappa shape index (κ1) is 20.5. The van der Waals surface area contributed by atoms with E-state index >= 15 is 0 Å². The molecule has 5 rings (SSSR count). The van der Waals surface area contributed by atoms with Gasteiger partial charge < -0.3 is 14.7 Å². The number of hydrogen-bond acceptors (Lipinski definition) is 5. The van der Waals surface area contributed by atoms with Gasteiger partial charge in [0.15, 0.2) is 5.11 Å². The van der Waals surface area contributed by atoms with Gasteiger partial charge in [0.25, 0.3) is 5.89 Å². The van der Waals surface area contributed by atoms with Gasteiger partial charge in [0.2, 0.25) is 5.82 Å². The Balaban J connectivity index is 1.59. The number of thiophene rings is 1. The van der Waals surface area contributed by atoms with E-state index in [1.165, 1.54) is 17.0 Å². The number of nitrogens with one attached hydrogen (secondary N) is 1. The molecule has 8 heteroatoms. The number of halogens is 1. The summed E-state index contributed by atoms with van der Waals surface area (Å²) in [7, 11) is 0. The number of benzene rings is 2. The van der Waals surface area contributed by atoms with Crippen LogP contribution in [0.4, 0.5) is 4.39 Å². The lowest BCUT2D eigenvalue weighted by atomic mass is 9.95. The highest BCUT2D eigenvalue weighted by Gasteiger charge is 2.34. The van der Waals surface area contributed by atoms with Crippen LogP contribution in [0.2, 0.25) is 0 Å². The van der Waals surface area contributed by atoms with Gasteiger partial charge >= 0.3 is 0 Å². The summed E-state index contributed by atoms with van der Waals surface area (Å²) < 4.78 is 19.0. The molecule has 5 nitrogen and oxygen atoms in total. The van der Waals surface area contributed by atoms with Crippen molar-refractivity contribution in [2.75, 3.05) is 0 Å². The molecule has 160 valence electrons. The molecule has 1 atom stereocenters. The number of allylic oxidation sites excluding steroid dienone is 1. The summed E-state index contributed by atoms with van der Waals surface area (Å²) in [6.07, 6.45) is 0. The zero-order valence-corrected chi connectivity index (χ0v) is 18.8. The number of nitrogens with zero attached hydrogens (tertiary/aromatic N) is 3. The van der Waals surface area contributed by atoms with Crippen molar-refractivity contribution in [2.45, 2.75) is 19.5 Å². The molecule has 1 unspecified atom stereocenters. The van der Waals surface area contributed by atoms with Gasteiger partial charge in [-0.3, -0.25) is 0 Å². The predicted molar refractivity (Wildman–Crippen MR) is 127 cm³/mol. The fourth-order valence-corrected chi connectivity index (χ4v) is 4.76. The molecule has 0 saturated carbocycles.